The number of aromatic nitrogens is 4. The van der Waals surface area contributed by atoms with E-state index in [1.54, 1.807) is 6.20 Å². The molecule has 2 aromatic heterocycles. The van der Waals surface area contributed by atoms with Crippen molar-refractivity contribution in [3.05, 3.63) is 36.2 Å². The molecular formula is C11H17N5. The normalized spacial score (nSPS) is 10.8. The van der Waals surface area contributed by atoms with Crippen LogP contribution in [0.4, 0.5) is 0 Å². The number of rotatable bonds is 6. The van der Waals surface area contributed by atoms with Crippen molar-refractivity contribution in [2.24, 2.45) is 0 Å². The van der Waals surface area contributed by atoms with Gasteiger partial charge in [0.05, 0.1) is 12.0 Å². The third kappa shape index (κ3) is 2.70. The number of nitrogens with zero attached hydrogens (tertiary/aromatic N) is 3. The first kappa shape index (κ1) is 10.9. The van der Waals surface area contributed by atoms with E-state index in [0.29, 0.717) is 0 Å². The second kappa shape index (κ2) is 5.46. The molecule has 86 valence electrons. The fraction of sp³-hybridized carbons (Fsp3) is 0.455. The van der Waals surface area contributed by atoms with E-state index >= 15 is 0 Å². The lowest BCUT2D eigenvalue weighted by Gasteiger charge is -2.07. The van der Waals surface area contributed by atoms with Crippen molar-refractivity contribution in [2.45, 2.75) is 33.0 Å². The molecule has 0 fully saturated rings. The van der Waals surface area contributed by atoms with Crippen LogP contribution in [0.25, 0.3) is 0 Å². The summed E-state index contributed by atoms with van der Waals surface area (Å²) in [6.07, 6.45) is 6.69. The summed E-state index contributed by atoms with van der Waals surface area (Å²) in [5, 5.41) is 10.2. The van der Waals surface area contributed by atoms with Crippen LogP contribution >= 0.6 is 0 Å². The lowest BCUT2D eigenvalue weighted by Crippen LogP contribution is -2.15. The molecule has 0 bridgehead atoms. The number of hydrogen-bond donors (Lipinski definition) is 2. The summed E-state index contributed by atoms with van der Waals surface area (Å²) in [4.78, 5) is 4.16. The van der Waals surface area contributed by atoms with Crippen LogP contribution in [-0.2, 0) is 19.6 Å². The highest BCUT2D eigenvalue weighted by Gasteiger charge is 2.00. The molecule has 5 heteroatoms. The maximum Gasteiger partial charge on any atom is 0.0948 e. The molecule has 0 amide bonds. The maximum atomic E-state index is 4.16. The van der Waals surface area contributed by atoms with Gasteiger partial charge in [-0.25, -0.2) is 4.98 Å². The third-order valence-corrected chi connectivity index (χ3v) is 2.44. The van der Waals surface area contributed by atoms with Gasteiger partial charge in [0.15, 0.2) is 0 Å². The van der Waals surface area contributed by atoms with E-state index in [-0.39, 0.29) is 0 Å². The van der Waals surface area contributed by atoms with Crippen molar-refractivity contribution in [1.82, 2.24) is 25.1 Å². The zero-order valence-electron chi connectivity index (χ0n) is 9.48. The Kier molecular flexibility index (Phi) is 3.71. The molecule has 2 aromatic rings. The smallest absolute Gasteiger partial charge is 0.0948 e. The van der Waals surface area contributed by atoms with Gasteiger partial charge in [0, 0.05) is 37.7 Å². The van der Waals surface area contributed by atoms with Crippen molar-refractivity contribution in [3.8, 4) is 0 Å². The van der Waals surface area contributed by atoms with E-state index in [0.717, 1.165) is 31.7 Å². The summed E-state index contributed by atoms with van der Waals surface area (Å²) in [6.45, 7) is 4.83. The zero-order chi connectivity index (χ0) is 11.2. The Morgan fingerprint density at radius 3 is 3.12 bits per heavy atom. The number of H-pyrrole nitrogens is 1. The minimum Gasteiger partial charge on any atom is -0.333 e. The molecule has 0 atom stereocenters. The van der Waals surface area contributed by atoms with Crippen molar-refractivity contribution < 1.29 is 0 Å². The van der Waals surface area contributed by atoms with Gasteiger partial charge >= 0.3 is 0 Å². The van der Waals surface area contributed by atoms with Crippen LogP contribution in [0.15, 0.2) is 24.8 Å². The number of imidazole rings is 1. The molecule has 0 aromatic carbocycles. The van der Waals surface area contributed by atoms with E-state index in [1.807, 2.05) is 18.6 Å². The SMILES string of the molecule is CCCn1cncc1CNCc1ccn[nH]1. The molecule has 0 aliphatic carbocycles. The van der Waals surface area contributed by atoms with Gasteiger partial charge in [0.1, 0.15) is 0 Å². The van der Waals surface area contributed by atoms with Crippen LogP contribution in [0.5, 0.6) is 0 Å². The minimum absolute atomic E-state index is 0.803. The number of hydrogen-bond acceptors (Lipinski definition) is 3. The molecule has 5 nitrogen and oxygen atoms in total. The molecule has 2 heterocycles. The second-order valence-electron chi connectivity index (χ2n) is 3.76. The fourth-order valence-electron chi connectivity index (χ4n) is 1.65. The first-order valence-corrected chi connectivity index (χ1v) is 5.58. The number of nitrogens with one attached hydrogen (secondary N) is 2. The van der Waals surface area contributed by atoms with Crippen LogP contribution in [0, 0.1) is 0 Å². The Morgan fingerprint density at radius 2 is 2.38 bits per heavy atom. The standard InChI is InChI=1S/C11H17N5/c1-2-5-16-9-13-8-11(16)7-12-6-10-3-4-14-15-10/h3-4,8-9,12H,2,5-7H2,1H3,(H,14,15). The molecule has 2 rings (SSSR count). The van der Waals surface area contributed by atoms with Gasteiger partial charge in [-0.15, -0.1) is 0 Å². The Bertz CT molecular complexity index is 404. The molecule has 0 spiro atoms. The first-order chi connectivity index (χ1) is 7.90. The van der Waals surface area contributed by atoms with E-state index in [4.69, 9.17) is 0 Å². The topological polar surface area (TPSA) is 58.5 Å². The molecule has 0 saturated heterocycles. The predicted octanol–water partition coefficient (Wildman–Crippen LogP) is 1.31. The lowest BCUT2D eigenvalue weighted by molar-refractivity contribution is 0.597. The van der Waals surface area contributed by atoms with E-state index in [9.17, 15) is 0 Å². The van der Waals surface area contributed by atoms with Crippen molar-refractivity contribution in [1.29, 1.82) is 0 Å². The van der Waals surface area contributed by atoms with Crippen LogP contribution in [-0.4, -0.2) is 19.7 Å². The molecule has 0 aliphatic heterocycles. The van der Waals surface area contributed by atoms with Gasteiger partial charge in [-0.2, -0.15) is 5.10 Å². The van der Waals surface area contributed by atoms with Crippen molar-refractivity contribution in [2.75, 3.05) is 0 Å². The quantitative estimate of drug-likeness (QED) is 0.770. The van der Waals surface area contributed by atoms with Crippen LogP contribution in [0.2, 0.25) is 0 Å². The summed E-state index contributed by atoms with van der Waals surface area (Å²) in [7, 11) is 0. The monoisotopic (exact) mass is 219 g/mol. The van der Waals surface area contributed by atoms with Gasteiger partial charge in [-0.3, -0.25) is 5.10 Å². The summed E-state index contributed by atoms with van der Waals surface area (Å²) in [5.41, 5.74) is 2.32. The molecule has 0 saturated carbocycles. The van der Waals surface area contributed by atoms with Crippen LogP contribution in [0.1, 0.15) is 24.7 Å². The summed E-state index contributed by atoms with van der Waals surface area (Å²) >= 11 is 0. The fourth-order valence-corrected chi connectivity index (χ4v) is 1.65. The highest BCUT2D eigenvalue weighted by atomic mass is 15.1. The van der Waals surface area contributed by atoms with Crippen LogP contribution in [0.3, 0.4) is 0 Å². The first-order valence-electron chi connectivity index (χ1n) is 5.58. The van der Waals surface area contributed by atoms with Gasteiger partial charge < -0.3 is 9.88 Å². The predicted molar refractivity (Wildman–Crippen MR) is 61.6 cm³/mol. The molecule has 0 unspecified atom stereocenters. The van der Waals surface area contributed by atoms with Crippen molar-refractivity contribution in [3.63, 3.8) is 0 Å². The van der Waals surface area contributed by atoms with E-state index in [2.05, 4.69) is 32.0 Å². The molecule has 2 N–H and O–H groups in total. The average Bonchev–Trinajstić information content (AvgIpc) is 2.91. The largest absolute Gasteiger partial charge is 0.333 e. The van der Waals surface area contributed by atoms with E-state index in [1.165, 1.54) is 5.69 Å². The van der Waals surface area contributed by atoms with Gasteiger partial charge in [0.2, 0.25) is 0 Å². The number of aromatic amines is 1. The second-order valence-corrected chi connectivity index (χ2v) is 3.76. The summed E-state index contributed by atoms with van der Waals surface area (Å²) < 4.78 is 2.18. The van der Waals surface area contributed by atoms with Gasteiger partial charge in [-0.05, 0) is 12.5 Å². The molecular weight excluding hydrogens is 202 g/mol. The Morgan fingerprint density at radius 1 is 1.44 bits per heavy atom. The lowest BCUT2D eigenvalue weighted by atomic mass is 10.4. The van der Waals surface area contributed by atoms with E-state index < -0.39 is 0 Å². The summed E-state index contributed by atoms with van der Waals surface area (Å²) in [5.74, 6) is 0. The maximum absolute atomic E-state index is 4.16. The highest BCUT2D eigenvalue weighted by Crippen LogP contribution is 2.01. The van der Waals surface area contributed by atoms with Crippen LogP contribution < -0.4 is 5.32 Å². The van der Waals surface area contributed by atoms with Gasteiger partial charge in [-0.1, -0.05) is 6.92 Å². The molecule has 0 aliphatic rings. The Balaban J connectivity index is 1.82. The Labute approximate surface area is 94.9 Å². The number of aryl methyl sites for hydroxylation is 1. The average molecular weight is 219 g/mol. The van der Waals surface area contributed by atoms with Gasteiger partial charge in [0.25, 0.3) is 0 Å². The molecule has 16 heavy (non-hydrogen) atoms. The third-order valence-electron chi connectivity index (χ3n) is 2.44. The molecule has 0 radical (unpaired) electrons. The summed E-state index contributed by atoms with van der Waals surface area (Å²) in [6, 6.07) is 1.97. The Hall–Kier alpha value is -1.62. The minimum atomic E-state index is 0.803. The zero-order valence-corrected chi connectivity index (χ0v) is 9.48. The highest BCUT2D eigenvalue weighted by molar-refractivity contribution is 5.00. The van der Waals surface area contributed by atoms with Crippen molar-refractivity contribution >= 4 is 0 Å².